The van der Waals surface area contributed by atoms with Gasteiger partial charge >= 0.3 is 12.3 Å². The molecule has 0 radical (unpaired) electrons. The molecule has 0 aromatic carbocycles. The van der Waals surface area contributed by atoms with E-state index in [9.17, 15) is 32.3 Å². The Morgan fingerprint density at radius 1 is 0.879 bits per heavy atom. The molecule has 2 rings (SSSR count). The van der Waals surface area contributed by atoms with Crippen molar-refractivity contribution >= 4 is 23.7 Å². The lowest BCUT2D eigenvalue weighted by Gasteiger charge is -2.31. The molecule has 0 spiro atoms. The van der Waals surface area contributed by atoms with Crippen LogP contribution in [0.4, 0.5) is 18.0 Å². The molecule has 3 atom stereocenters. The molecule has 2 fully saturated rings. The van der Waals surface area contributed by atoms with Gasteiger partial charge in [0, 0.05) is 6.54 Å². The second kappa shape index (κ2) is 11.2. The number of alkyl halides is 3. The number of ether oxygens (including phenoxy) is 1. The Kier molecular flexibility index (Phi) is 9.13. The summed E-state index contributed by atoms with van der Waals surface area (Å²) in [5, 5.41) is 4.78. The number of likely N-dealkylation sites (tertiary alicyclic amines) is 1. The third-order valence-corrected chi connectivity index (χ3v) is 6.15. The third kappa shape index (κ3) is 7.07. The van der Waals surface area contributed by atoms with E-state index in [1.807, 2.05) is 0 Å². The fraction of sp³-hybridized carbons (Fsp3) is 0.818. The lowest BCUT2D eigenvalue weighted by Crippen LogP contribution is -2.58. The van der Waals surface area contributed by atoms with Gasteiger partial charge in [0.1, 0.15) is 18.2 Å². The average molecular weight is 478 g/mol. The van der Waals surface area contributed by atoms with Crippen molar-refractivity contribution in [2.75, 3.05) is 6.54 Å². The number of ketones is 1. The molecule has 8 nitrogen and oxygen atoms in total. The zero-order chi connectivity index (χ0) is 24.9. The molecule has 1 saturated carbocycles. The van der Waals surface area contributed by atoms with Gasteiger partial charge in [-0.2, -0.15) is 13.2 Å². The summed E-state index contributed by atoms with van der Waals surface area (Å²) < 4.78 is 44.2. The van der Waals surface area contributed by atoms with Crippen molar-refractivity contribution in [1.29, 1.82) is 0 Å². The summed E-state index contributed by atoms with van der Waals surface area (Å²) in [6.07, 6.45) is -1.75. The van der Waals surface area contributed by atoms with Crippen molar-refractivity contribution in [1.82, 2.24) is 15.5 Å². The van der Waals surface area contributed by atoms with Crippen LogP contribution in [0.2, 0.25) is 0 Å². The maximum absolute atomic E-state index is 13.2. The number of Topliss-reactive ketones (excluding diaryl/α,β-unsaturated/α-hetero) is 1. The molecule has 33 heavy (non-hydrogen) atoms. The minimum Gasteiger partial charge on any atom is -0.446 e. The van der Waals surface area contributed by atoms with Crippen LogP contribution >= 0.6 is 0 Å². The topological polar surface area (TPSA) is 105 Å². The van der Waals surface area contributed by atoms with E-state index in [2.05, 4.69) is 10.6 Å². The number of halogens is 3. The van der Waals surface area contributed by atoms with Gasteiger partial charge in [-0.3, -0.25) is 14.4 Å². The first kappa shape index (κ1) is 26.9. The minimum absolute atomic E-state index is 0.183. The van der Waals surface area contributed by atoms with Crippen molar-refractivity contribution < 1.29 is 37.1 Å². The Morgan fingerprint density at radius 3 is 1.97 bits per heavy atom. The molecular weight excluding hydrogens is 443 g/mol. The van der Waals surface area contributed by atoms with Gasteiger partial charge in [-0.05, 0) is 50.4 Å². The van der Waals surface area contributed by atoms with Crippen LogP contribution in [0.1, 0.15) is 66.2 Å². The number of nitrogens with zero attached hydrogens (tertiary/aromatic N) is 1. The Balaban J connectivity index is 2.08. The van der Waals surface area contributed by atoms with Crippen LogP contribution in [0.3, 0.4) is 0 Å². The highest BCUT2D eigenvalue weighted by molar-refractivity contribution is 5.96. The highest BCUT2D eigenvalue weighted by Crippen LogP contribution is 2.25. The Morgan fingerprint density at radius 2 is 1.45 bits per heavy atom. The summed E-state index contributed by atoms with van der Waals surface area (Å²) in [4.78, 5) is 51.4. The molecular formula is C22H34F3N3O5. The van der Waals surface area contributed by atoms with E-state index in [0.29, 0.717) is 6.42 Å². The number of rotatable bonds is 8. The average Bonchev–Trinajstić information content (AvgIpc) is 3.39. The van der Waals surface area contributed by atoms with E-state index < -0.39 is 53.9 Å². The zero-order valence-electron chi connectivity index (χ0n) is 19.5. The van der Waals surface area contributed by atoms with E-state index in [-0.39, 0.29) is 25.0 Å². The first-order valence-electron chi connectivity index (χ1n) is 11.5. The monoisotopic (exact) mass is 477 g/mol. The molecule has 188 valence electrons. The largest absolute Gasteiger partial charge is 0.452 e. The van der Waals surface area contributed by atoms with Gasteiger partial charge < -0.3 is 20.3 Å². The molecule has 0 bridgehead atoms. The molecule has 11 heteroatoms. The van der Waals surface area contributed by atoms with Crippen LogP contribution in [0.15, 0.2) is 0 Å². The van der Waals surface area contributed by atoms with Gasteiger partial charge in [-0.1, -0.05) is 27.7 Å². The van der Waals surface area contributed by atoms with Gasteiger partial charge in [-0.25, -0.2) is 4.79 Å². The molecule has 1 heterocycles. The normalized spacial score (nSPS) is 21.2. The molecule has 2 N–H and O–H groups in total. The van der Waals surface area contributed by atoms with Gasteiger partial charge in [0.2, 0.25) is 11.8 Å². The third-order valence-electron chi connectivity index (χ3n) is 6.15. The number of carbonyl (C=O) groups excluding carboxylic acids is 4. The standard InChI is InChI=1S/C22H34F3N3O5/c1-12(2)16(18(29)22(23,24)25)26-19(30)15-10-7-11-28(15)20(31)17(13(3)4)27-21(32)33-14-8-5-6-9-14/h12-17H,5-11H2,1-4H3,(H,26,30)(H,27,32)/t15-,16?,17-/m0/s1. The van der Waals surface area contributed by atoms with Crippen LogP contribution in [-0.2, 0) is 19.1 Å². The maximum Gasteiger partial charge on any atom is 0.452 e. The SMILES string of the molecule is CC(C)C(NC(=O)[C@@H]1CCCN1C(=O)[C@@H](NC(=O)OC1CCCC1)C(C)C)C(=O)C(F)(F)F. The van der Waals surface area contributed by atoms with Crippen molar-refractivity contribution in [2.45, 2.75) is 96.6 Å². The predicted octanol–water partition coefficient (Wildman–Crippen LogP) is 2.94. The van der Waals surface area contributed by atoms with Crippen LogP contribution < -0.4 is 10.6 Å². The Labute approximate surface area is 192 Å². The number of hydrogen-bond donors (Lipinski definition) is 2. The van der Waals surface area contributed by atoms with Crippen molar-refractivity contribution in [3.8, 4) is 0 Å². The lowest BCUT2D eigenvalue weighted by atomic mass is 9.98. The quantitative estimate of drug-likeness (QED) is 0.559. The van der Waals surface area contributed by atoms with Crippen molar-refractivity contribution in [3.05, 3.63) is 0 Å². The molecule has 1 saturated heterocycles. The number of alkyl carbamates (subject to hydrolysis) is 1. The van der Waals surface area contributed by atoms with Crippen LogP contribution in [0, 0.1) is 11.8 Å². The Bertz CT molecular complexity index is 735. The van der Waals surface area contributed by atoms with E-state index >= 15 is 0 Å². The Hall–Kier alpha value is -2.33. The molecule has 2 aliphatic rings. The molecule has 0 aromatic rings. The van der Waals surface area contributed by atoms with Gasteiger partial charge in [0.15, 0.2) is 0 Å². The molecule has 1 aliphatic heterocycles. The number of carbonyl (C=O) groups is 4. The van der Waals surface area contributed by atoms with Crippen molar-refractivity contribution in [2.24, 2.45) is 11.8 Å². The summed E-state index contributed by atoms with van der Waals surface area (Å²) in [6, 6.07) is -3.71. The van der Waals surface area contributed by atoms with Gasteiger partial charge in [0.05, 0.1) is 6.04 Å². The van der Waals surface area contributed by atoms with E-state index in [1.165, 1.54) is 18.7 Å². The summed E-state index contributed by atoms with van der Waals surface area (Å²) >= 11 is 0. The second-order valence-electron chi connectivity index (χ2n) is 9.46. The molecule has 1 aliphatic carbocycles. The van der Waals surface area contributed by atoms with Crippen LogP contribution in [0.25, 0.3) is 0 Å². The first-order chi connectivity index (χ1) is 15.3. The summed E-state index contributed by atoms with van der Waals surface area (Å²) in [6.45, 7) is 6.50. The van der Waals surface area contributed by atoms with Crippen LogP contribution in [-0.4, -0.2) is 65.5 Å². The van der Waals surface area contributed by atoms with Gasteiger partial charge in [0.25, 0.3) is 5.78 Å². The fourth-order valence-corrected chi connectivity index (χ4v) is 4.27. The predicted molar refractivity (Wildman–Crippen MR) is 113 cm³/mol. The minimum atomic E-state index is -5.08. The van der Waals surface area contributed by atoms with E-state index in [1.54, 1.807) is 13.8 Å². The summed E-state index contributed by atoms with van der Waals surface area (Å²) in [7, 11) is 0. The highest BCUT2D eigenvalue weighted by Gasteiger charge is 2.46. The molecule has 3 amide bonds. The maximum atomic E-state index is 13.2. The smallest absolute Gasteiger partial charge is 0.446 e. The van der Waals surface area contributed by atoms with Gasteiger partial charge in [-0.15, -0.1) is 0 Å². The lowest BCUT2D eigenvalue weighted by molar-refractivity contribution is -0.175. The fourth-order valence-electron chi connectivity index (χ4n) is 4.27. The zero-order valence-corrected chi connectivity index (χ0v) is 19.5. The van der Waals surface area contributed by atoms with Crippen molar-refractivity contribution in [3.63, 3.8) is 0 Å². The van der Waals surface area contributed by atoms with E-state index in [0.717, 1.165) is 25.7 Å². The number of nitrogens with one attached hydrogen (secondary N) is 2. The summed E-state index contributed by atoms with van der Waals surface area (Å²) in [5.41, 5.74) is 0. The second-order valence-corrected chi connectivity index (χ2v) is 9.46. The number of amides is 3. The van der Waals surface area contributed by atoms with E-state index in [4.69, 9.17) is 4.74 Å². The van der Waals surface area contributed by atoms with Crippen LogP contribution in [0.5, 0.6) is 0 Å². The number of hydrogen-bond acceptors (Lipinski definition) is 5. The molecule has 1 unspecified atom stereocenters. The first-order valence-corrected chi connectivity index (χ1v) is 11.5. The molecule has 0 aromatic heterocycles. The highest BCUT2D eigenvalue weighted by atomic mass is 19.4. The summed E-state index contributed by atoms with van der Waals surface area (Å²) in [5.74, 6) is -4.45.